The van der Waals surface area contributed by atoms with Gasteiger partial charge in [0.25, 0.3) is 0 Å². The Balaban J connectivity index is 2.66. The summed E-state index contributed by atoms with van der Waals surface area (Å²) in [5.41, 5.74) is 3.99. The fourth-order valence-electron chi connectivity index (χ4n) is 1.23. The fraction of sp³-hybridized carbons (Fsp3) is 0.444. The molecule has 0 aliphatic heterocycles. The van der Waals surface area contributed by atoms with Crippen LogP contribution in [0.25, 0.3) is 0 Å². The molecule has 1 heterocycles. The number of hydrogen-bond acceptors (Lipinski definition) is 3. The molecular weight excluding hydrogens is 150 g/mol. The van der Waals surface area contributed by atoms with Gasteiger partial charge in [-0.1, -0.05) is 13.3 Å². The van der Waals surface area contributed by atoms with Crippen LogP contribution in [0.1, 0.15) is 31.4 Å². The van der Waals surface area contributed by atoms with Gasteiger partial charge >= 0.3 is 0 Å². The third-order valence-electron chi connectivity index (χ3n) is 1.89. The van der Waals surface area contributed by atoms with Crippen LogP contribution in [0, 0.1) is 0 Å². The minimum absolute atomic E-state index is 0.262. The molecule has 1 rings (SSSR count). The number of pyridine rings is 1. The van der Waals surface area contributed by atoms with Crippen molar-refractivity contribution >= 4 is 0 Å². The topological polar surface area (TPSA) is 50.9 Å². The maximum absolute atomic E-state index is 5.42. The first-order chi connectivity index (χ1) is 5.88. The van der Waals surface area contributed by atoms with Crippen molar-refractivity contribution in [2.75, 3.05) is 0 Å². The summed E-state index contributed by atoms with van der Waals surface area (Å²) in [7, 11) is 0. The maximum atomic E-state index is 5.42. The molecule has 0 aromatic carbocycles. The lowest BCUT2D eigenvalue weighted by molar-refractivity contribution is 0.509. The van der Waals surface area contributed by atoms with Crippen LogP contribution >= 0.6 is 0 Å². The zero-order valence-corrected chi connectivity index (χ0v) is 7.33. The molecule has 3 N–H and O–H groups in total. The summed E-state index contributed by atoms with van der Waals surface area (Å²) >= 11 is 0. The molecule has 1 aromatic rings. The van der Waals surface area contributed by atoms with Gasteiger partial charge in [0.2, 0.25) is 0 Å². The lowest BCUT2D eigenvalue weighted by Gasteiger charge is -2.14. The van der Waals surface area contributed by atoms with Crippen LogP contribution < -0.4 is 11.3 Å². The van der Waals surface area contributed by atoms with Crippen molar-refractivity contribution in [2.24, 2.45) is 5.84 Å². The first-order valence-electron chi connectivity index (χ1n) is 4.24. The van der Waals surface area contributed by atoms with Crippen LogP contribution in [0.5, 0.6) is 0 Å². The van der Waals surface area contributed by atoms with Crippen molar-refractivity contribution in [1.82, 2.24) is 10.4 Å². The Bertz CT molecular complexity index is 210. The van der Waals surface area contributed by atoms with Crippen molar-refractivity contribution in [3.8, 4) is 0 Å². The molecule has 66 valence electrons. The third kappa shape index (κ3) is 2.29. The van der Waals surface area contributed by atoms with Crippen LogP contribution in [0.3, 0.4) is 0 Å². The molecule has 0 aliphatic carbocycles. The zero-order chi connectivity index (χ0) is 8.81. The average molecular weight is 165 g/mol. The Morgan fingerprint density at radius 1 is 1.50 bits per heavy atom. The van der Waals surface area contributed by atoms with Crippen molar-refractivity contribution in [1.29, 1.82) is 0 Å². The van der Waals surface area contributed by atoms with Gasteiger partial charge in [0.15, 0.2) is 0 Å². The fourth-order valence-corrected chi connectivity index (χ4v) is 1.23. The van der Waals surface area contributed by atoms with Crippen LogP contribution in [0.15, 0.2) is 24.5 Å². The second kappa shape index (κ2) is 4.85. The van der Waals surface area contributed by atoms with E-state index >= 15 is 0 Å². The Hall–Kier alpha value is -0.930. The van der Waals surface area contributed by atoms with E-state index in [4.69, 9.17) is 5.84 Å². The van der Waals surface area contributed by atoms with Crippen LogP contribution in [0.2, 0.25) is 0 Å². The van der Waals surface area contributed by atoms with Gasteiger partial charge in [0, 0.05) is 18.4 Å². The van der Waals surface area contributed by atoms with Gasteiger partial charge in [-0.05, 0) is 24.1 Å². The quantitative estimate of drug-likeness (QED) is 0.523. The number of rotatable bonds is 4. The molecular formula is C9H15N3. The Morgan fingerprint density at radius 2 is 2.17 bits per heavy atom. The van der Waals surface area contributed by atoms with E-state index in [1.54, 1.807) is 12.4 Å². The molecule has 3 heteroatoms. The van der Waals surface area contributed by atoms with Crippen LogP contribution in [-0.2, 0) is 0 Å². The van der Waals surface area contributed by atoms with Gasteiger partial charge in [-0.25, -0.2) is 0 Å². The predicted octanol–water partition coefficient (Wildman–Crippen LogP) is 1.39. The summed E-state index contributed by atoms with van der Waals surface area (Å²) in [6.07, 6.45) is 5.75. The molecule has 1 atom stereocenters. The number of hydrogen-bond donors (Lipinski definition) is 2. The van der Waals surface area contributed by atoms with Crippen molar-refractivity contribution in [3.05, 3.63) is 30.1 Å². The summed E-state index contributed by atoms with van der Waals surface area (Å²) in [4.78, 5) is 3.95. The Labute approximate surface area is 73.0 Å². The number of hydrazine groups is 1. The highest BCUT2D eigenvalue weighted by Crippen LogP contribution is 2.15. The highest BCUT2D eigenvalue weighted by atomic mass is 15.2. The van der Waals surface area contributed by atoms with E-state index in [0.29, 0.717) is 0 Å². The first-order valence-corrected chi connectivity index (χ1v) is 4.24. The van der Waals surface area contributed by atoms with E-state index in [1.807, 2.05) is 12.1 Å². The molecule has 0 aliphatic rings. The second-order valence-corrected chi connectivity index (χ2v) is 2.79. The monoisotopic (exact) mass is 165 g/mol. The SMILES string of the molecule is CCCC(NN)c1ccncc1. The number of aromatic nitrogens is 1. The van der Waals surface area contributed by atoms with Crippen molar-refractivity contribution in [3.63, 3.8) is 0 Å². The average Bonchev–Trinajstić information content (AvgIpc) is 2.15. The summed E-state index contributed by atoms with van der Waals surface area (Å²) in [6, 6.07) is 4.23. The molecule has 3 nitrogen and oxygen atoms in total. The molecule has 0 fully saturated rings. The lowest BCUT2D eigenvalue weighted by Crippen LogP contribution is -2.27. The number of nitrogens with one attached hydrogen (secondary N) is 1. The summed E-state index contributed by atoms with van der Waals surface area (Å²) in [5.74, 6) is 5.42. The van der Waals surface area contributed by atoms with Gasteiger partial charge in [-0.3, -0.25) is 16.3 Å². The summed E-state index contributed by atoms with van der Waals surface area (Å²) in [5, 5.41) is 0. The summed E-state index contributed by atoms with van der Waals surface area (Å²) in [6.45, 7) is 2.14. The highest BCUT2D eigenvalue weighted by molar-refractivity contribution is 5.14. The van der Waals surface area contributed by atoms with Gasteiger partial charge in [0.05, 0.1) is 0 Å². The van der Waals surface area contributed by atoms with Crippen LogP contribution in [-0.4, -0.2) is 4.98 Å². The maximum Gasteiger partial charge on any atom is 0.0461 e. The molecule has 0 amide bonds. The summed E-state index contributed by atoms with van der Waals surface area (Å²) < 4.78 is 0. The normalized spacial score (nSPS) is 12.8. The first kappa shape index (κ1) is 9.16. The minimum Gasteiger partial charge on any atom is -0.271 e. The molecule has 1 aromatic heterocycles. The highest BCUT2D eigenvalue weighted by Gasteiger charge is 2.06. The van der Waals surface area contributed by atoms with E-state index < -0.39 is 0 Å². The molecule has 0 saturated carbocycles. The lowest BCUT2D eigenvalue weighted by atomic mass is 10.1. The standard InChI is InChI=1S/C9H15N3/c1-2-3-9(12-10)8-4-6-11-7-5-8/h4-7,9,12H,2-3,10H2,1H3. The Kier molecular flexibility index (Phi) is 3.70. The van der Waals surface area contributed by atoms with Gasteiger partial charge in [-0.2, -0.15) is 0 Å². The third-order valence-corrected chi connectivity index (χ3v) is 1.89. The zero-order valence-electron chi connectivity index (χ0n) is 7.33. The van der Waals surface area contributed by atoms with Gasteiger partial charge in [0.1, 0.15) is 0 Å². The van der Waals surface area contributed by atoms with Crippen LogP contribution in [0.4, 0.5) is 0 Å². The van der Waals surface area contributed by atoms with Gasteiger partial charge < -0.3 is 0 Å². The molecule has 0 bridgehead atoms. The Morgan fingerprint density at radius 3 is 2.67 bits per heavy atom. The number of nitrogens with zero attached hydrogens (tertiary/aromatic N) is 1. The predicted molar refractivity (Wildman–Crippen MR) is 49.2 cm³/mol. The second-order valence-electron chi connectivity index (χ2n) is 2.79. The van der Waals surface area contributed by atoms with E-state index in [0.717, 1.165) is 12.8 Å². The van der Waals surface area contributed by atoms with E-state index in [-0.39, 0.29) is 6.04 Å². The minimum atomic E-state index is 0.262. The smallest absolute Gasteiger partial charge is 0.0461 e. The van der Waals surface area contributed by atoms with Gasteiger partial charge in [-0.15, -0.1) is 0 Å². The molecule has 0 radical (unpaired) electrons. The molecule has 0 spiro atoms. The van der Waals surface area contributed by atoms with E-state index in [9.17, 15) is 0 Å². The molecule has 0 saturated heterocycles. The number of nitrogens with two attached hydrogens (primary N) is 1. The molecule has 1 unspecified atom stereocenters. The largest absolute Gasteiger partial charge is 0.271 e. The van der Waals surface area contributed by atoms with Crippen molar-refractivity contribution < 1.29 is 0 Å². The van der Waals surface area contributed by atoms with Crippen molar-refractivity contribution in [2.45, 2.75) is 25.8 Å². The van der Waals surface area contributed by atoms with E-state index in [1.165, 1.54) is 5.56 Å². The van der Waals surface area contributed by atoms with E-state index in [2.05, 4.69) is 17.3 Å². The molecule has 12 heavy (non-hydrogen) atoms.